The van der Waals surface area contributed by atoms with Crippen LogP contribution in [-0.2, 0) is 16.6 Å². The number of hydrogen-bond acceptors (Lipinski definition) is 4. The van der Waals surface area contributed by atoms with E-state index in [1.165, 1.54) is 0 Å². The molecule has 0 saturated carbocycles. The summed E-state index contributed by atoms with van der Waals surface area (Å²) < 4.78 is 27.7. The van der Waals surface area contributed by atoms with Crippen LogP contribution in [0.3, 0.4) is 0 Å². The third-order valence-corrected chi connectivity index (χ3v) is 6.48. The largest absolute Gasteiger partial charge is 0.250 e. The molecule has 0 amide bonds. The Balaban J connectivity index is 1.83. The van der Waals surface area contributed by atoms with E-state index in [4.69, 9.17) is 0 Å². The van der Waals surface area contributed by atoms with Crippen molar-refractivity contribution in [2.75, 3.05) is 0 Å². The van der Waals surface area contributed by atoms with Gasteiger partial charge in [-0.2, -0.15) is 5.26 Å². The lowest BCUT2D eigenvalue weighted by atomic mass is 10.1. The molecule has 0 spiro atoms. The van der Waals surface area contributed by atoms with Gasteiger partial charge in [-0.3, -0.25) is 0 Å². The smallest absolute Gasteiger partial charge is 0.206 e. The predicted molar refractivity (Wildman–Crippen MR) is 94.9 cm³/mol. The van der Waals surface area contributed by atoms with E-state index in [-0.39, 0.29) is 10.8 Å². The summed E-state index contributed by atoms with van der Waals surface area (Å²) in [5.74, 6) is 0. The number of hydrogen-bond donors (Lipinski definition) is 1. The Morgan fingerprint density at radius 3 is 2.42 bits per heavy atom. The average Bonchev–Trinajstić information content (AvgIpc) is 3.12. The second kappa shape index (κ2) is 6.97. The summed E-state index contributed by atoms with van der Waals surface area (Å²) in [6.07, 6.45) is 0. The maximum atomic E-state index is 12.4. The molecule has 24 heavy (non-hydrogen) atoms. The van der Waals surface area contributed by atoms with Crippen LogP contribution in [0.4, 0.5) is 0 Å². The molecule has 0 aliphatic carbocycles. The molecule has 1 aromatic heterocycles. The molecule has 3 rings (SSSR count). The van der Waals surface area contributed by atoms with Crippen molar-refractivity contribution in [3.8, 4) is 16.5 Å². The number of nitrogens with one attached hydrogen (secondary N) is 1. The Kier molecular flexibility index (Phi) is 4.76. The second-order valence-electron chi connectivity index (χ2n) is 5.09. The van der Waals surface area contributed by atoms with Crippen LogP contribution >= 0.6 is 11.3 Å². The van der Waals surface area contributed by atoms with Gasteiger partial charge in [-0.25, -0.2) is 13.1 Å². The van der Waals surface area contributed by atoms with Crippen LogP contribution in [0, 0.1) is 11.3 Å². The normalized spacial score (nSPS) is 11.1. The minimum Gasteiger partial charge on any atom is -0.206 e. The van der Waals surface area contributed by atoms with Crippen molar-refractivity contribution in [3.63, 3.8) is 0 Å². The molecule has 3 aromatic rings. The van der Waals surface area contributed by atoms with Crippen LogP contribution in [0.1, 0.15) is 11.1 Å². The Morgan fingerprint density at radius 1 is 0.958 bits per heavy atom. The van der Waals surface area contributed by atoms with Gasteiger partial charge in [0.25, 0.3) is 0 Å². The number of rotatable bonds is 5. The number of nitriles is 1. The SMILES string of the molecule is N#Cc1ccccc1-c1ccc(S(=O)(=O)NCc2ccccc2)s1. The molecule has 0 atom stereocenters. The summed E-state index contributed by atoms with van der Waals surface area (Å²) in [5.41, 5.74) is 2.17. The monoisotopic (exact) mass is 354 g/mol. The van der Waals surface area contributed by atoms with E-state index in [0.717, 1.165) is 27.3 Å². The van der Waals surface area contributed by atoms with Gasteiger partial charge in [0.2, 0.25) is 10.0 Å². The standard InChI is InChI=1S/C18H14N2O2S2/c19-12-15-8-4-5-9-16(15)17-10-11-18(23-17)24(21,22)20-13-14-6-2-1-3-7-14/h1-11,20H,13H2. The van der Waals surface area contributed by atoms with E-state index >= 15 is 0 Å². The topological polar surface area (TPSA) is 70.0 Å². The first-order chi connectivity index (χ1) is 11.6. The van der Waals surface area contributed by atoms with E-state index < -0.39 is 10.0 Å². The van der Waals surface area contributed by atoms with Gasteiger partial charge < -0.3 is 0 Å². The number of sulfonamides is 1. The number of nitrogens with zero attached hydrogens (tertiary/aromatic N) is 1. The van der Waals surface area contributed by atoms with E-state index in [9.17, 15) is 13.7 Å². The predicted octanol–water partition coefficient (Wildman–Crippen LogP) is 3.77. The minimum atomic E-state index is -3.58. The highest BCUT2D eigenvalue weighted by molar-refractivity contribution is 7.91. The molecule has 0 fully saturated rings. The Labute approximate surface area is 145 Å². The fourth-order valence-corrected chi connectivity index (χ4v) is 4.66. The van der Waals surface area contributed by atoms with Crippen molar-refractivity contribution in [2.45, 2.75) is 10.8 Å². The summed E-state index contributed by atoms with van der Waals surface area (Å²) in [6, 6.07) is 21.9. The van der Waals surface area contributed by atoms with Crippen LogP contribution < -0.4 is 4.72 Å². The highest BCUT2D eigenvalue weighted by Gasteiger charge is 2.18. The van der Waals surface area contributed by atoms with E-state index in [1.54, 1.807) is 24.3 Å². The maximum Gasteiger partial charge on any atom is 0.250 e. The van der Waals surface area contributed by atoms with Gasteiger partial charge in [-0.15, -0.1) is 11.3 Å². The van der Waals surface area contributed by atoms with E-state index in [2.05, 4.69) is 10.8 Å². The van der Waals surface area contributed by atoms with Crippen molar-refractivity contribution in [3.05, 3.63) is 77.9 Å². The Bertz CT molecular complexity index is 987. The molecule has 0 bridgehead atoms. The number of thiophene rings is 1. The fourth-order valence-electron chi connectivity index (χ4n) is 2.25. The molecule has 0 aliphatic heterocycles. The molecule has 120 valence electrons. The van der Waals surface area contributed by atoms with E-state index in [1.807, 2.05) is 42.5 Å². The summed E-state index contributed by atoms with van der Waals surface area (Å²) in [7, 11) is -3.58. The molecule has 0 saturated heterocycles. The summed E-state index contributed by atoms with van der Waals surface area (Å²) in [5, 5.41) is 9.18. The van der Waals surface area contributed by atoms with Gasteiger partial charge in [0, 0.05) is 17.0 Å². The molecule has 2 aromatic carbocycles. The lowest BCUT2D eigenvalue weighted by Crippen LogP contribution is -2.22. The highest BCUT2D eigenvalue weighted by atomic mass is 32.2. The third-order valence-electron chi connectivity index (χ3n) is 3.47. The van der Waals surface area contributed by atoms with Crippen molar-refractivity contribution in [1.82, 2.24) is 4.72 Å². The van der Waals surface area contributed by atoms with Crippen LogP contribution in [0.5, 0.6) is 0 Å². The van der Waals surface area contributed by atoms with Gasteiger partial charge in [0.05, 0.1) is 11.6 Å². The van der Waals surface area contributed by atoms with Crippen molar-refractivity contribution >= 4 is 21.4 Å². The molecule has 4 nitrogen and oxygen atoms in total. The molecular weight excluding hydrogens is 340 g/mol. The van der Waals surface area contributed by atoms with Gasteiger partial charge in [0.1, 0.15) is 4.21 Å². The first kappa shape index (κ1) is 16.4. The Morgan fingerprint density at radius 2 is 1.67 bits per heavy atom. The lowest BCUT2D eigenvalue weighted by Gasteiger charge is -2.04. The second-order valence-corrected chi connectivity index (χ2v) is 8.16. The molecule has 6 heteroatoms. The van der Waals surface area contributed by atoms with Gasteiger partial charge in [-0.05, 0) is 23.8 Å². The van der Waals surface area contributed by atoms with Gasteiger partial charge in [0.15, 0.2) is 0 Å². The fraction of sp³-hybridized carbons (Fsp3) is 0.0556. The minimum absolute atomic E-state index is 0.237. The third kappa shape index (κ3) is 3.54. The molecule has 0 unspecified atom stereocenters. The molecule has 0 aliphatic rings. The number of benzene rings is 2. The van der Waals surface area contributed by atoms with Crippen LogP contribution in [0.25, 0.3) is 10.4 Å². The zero-order chi connectivity index (χ0) is 17.0. The van der Waals surface area contributed by atoms with Gasteiger partial charge in [-0.1, -0.05) is 48.5 Å². The summed E-state index contributed by atoms with van der Waals surface area (Å²) in [6.45, 7) is 0.241. The molecule has 1 N–H and O–H groups in total. The first-order valence-corrected chi connectivity index (χ1v) is 9.53. The van der Waals surface area contributed by atoms with Crippen molar-refractivity contribution in [2.24, 2.45) is 0 Å². The Hall–Kier alpha value is -2.46. The first-order valence-electron chi connectivity index (χ1n) is 7.23. The lowest BCUT2D eigenvalue weighted by molar-refractivity contribution is 0.583. The maximum absolute atomic E-state index is 12.4. The van der Waals surface area contributed by atoms with E-state index in [0.29, 0.717) is 5.56 Å². The molecular formula is C18H14N2O2S2. The highest BCUT2D eigenvalue weighted by Crippen LogP contribution is 2.32. The zero-order valence-corrected chi connectivity index (χ0v) is 14.3. The van der Waals surface area contributed by atoms with Crippen LogP contribution in [-0.4, -0.2) is 8.42 Å². The summed E-state index contributed by atoms with van der Waals surface area (Å²) >= 11 is 1.16. The van der Waals surface area contributed by atoms with Crippen LogP contribution in [0.2, 0.25) is 0 Å². The average molecular weight is 354 g/mol. The molecule has 1 heterocycles. The van der Waals surface area contributed by atoms with Gasteiger partial charge >= 0.3 is 0 Å². The van der Waals surface area contributed by atoms with Crippen LogP contribution in [0.15, 0.2) is 70.9 Å². The van der Waals surface area contributed by atoms with Crippen molar-refractivity contribution in [1.29, 1.82) is 5.26 Å². The zero-order valence-electron chi connectivity index (χ0n) is 12.6. The summed E-state index contributed by atoms with van der Waals surface area (Å²) in [4.78, 5) is 0.757. The van der Waals surface area contributed by atoms with Crippen molar-refractivity contribution < 1.29 is 8.42 Å². The molecule has 0 radical (unpaired) electrons. The quantitative estimate of drug-likeness (QED) is 0.758.